The number of pyridine rings is 1. The maximum atomic E-state index is 14.2. The van der Waals surface area contributed by atoms with Crippen molar-refractivity contribution in [1.29, 1.82) is 0 Å². The molecule has 0 N–H and O–H groups in total. The lowest BCUT2D eigenvalue weighted by Gasteiger charge is -2.47. The number of aromatic nitrogens is 1. The number of likely N-dealkylation sites (tertiary alicyclic amines) is 1. The van der Waals surface area contributed by atoms with Gasteiger partial charge >= 0.3 is 0 Å². The van der Waals surface area contributed by atoms with E-state index in [9.17, 15) is 9.59 Å². The van der Waals surface area contributed by atoms with Crippen LogP contribution in [0.1, 0.15) is 56.2 Å². The van der Waals surface area contributed by atoms with Crippen LogP contribution >= 0.6 is 11.6 Å². The summed E-state index contributed by atoms with van der Waals surface area (Å²) in [6, 6.07) is 13.5. The summed E-state index contributed by atoms with van der Waals surface area (Å²) in [6.45, 7) is 1.04. The van der Waals surface area contributed by atoms with E-state index in [-0.39, 0.29) is 11.8 Å². The minimum absolute atomic E-state index is 0.0119. The fourth-order valence-electron chi connectivity index (χ4n) is 5.65. The summed E-state index contributed by atoms with van der Waals surface area (Å²) in [4.78, 5) is 35.9. The van der Waals surface area contributed by atoms with Crippen LogP contribution in [0.25, 0.3) is 0 Å². The van der Waals surface area contributed by atoms with Gasteiger partial charge < -0.3 is 9.80 Å². The zero-order valence-electron chi connectivity index (χ0n) is 19.0. The standard InChI is InChI=1S/C26H32ClN3O2/c1-29(2)23(31)26(22-9-4-7-17-28-22)16-8-18-30(19-26)24(32)25(14-5-3-6-15-25)20-10-12-21(27)13-11-20/h4,7,9-13,17H,3,5-6,8,14-16,18-19H2,1-2H3. The first-order chi connectivity index (χ1) is 15.4. The summed E-state index contributed by atoms with van der Waals surface area (Å²) in [7, 11) is 3.56. The van der Waals surface area contributed by atoms with Crippen molar-refractivity contribution in [2.45, 2.75) is 55.8 Å². The fraction of sp³-hybridized carbons (Fsp3) is 0.500. The topological polar surface area (TPSA) is 53.5 Å². The van der Waals surface area contributed by atoms with Crippen LogP contribution in [-0.2, 0) is 20.4 Å². The van der Waals surface area contributed by atoms with Gasteiger partial charge in [0.1, 0.15) is 5.41 Å². The number of hydrogen-bond donors (Lipinski definition) is 0. The maximum absolute atomic E-state index is 14.2. The summed E-state index contributed by atoms with van der Waals surface area (Å²) in [6.07, 6.45) is 8.09. The molecule has 5 nitrogen and oxygen atoms in total. The number of halogens is 1. The normalized spacial score (nSPS) is 22.9. The molecule has 4 rings (SSSR count). The van der Waals surface area contributed by atoms with Crippen molar-refractivity contribution in [2.75, 3.05) is 27.2 Å². The van der Waals surface area contributed by atoms with Crippen molar-refractivity contribution in [2.24, 2.45) is 0 Å². The molecule has 0 bridgehead atoms. The Labute approximate surface area is 195 Å². The quantitative estimate of drug-likeness (QED) is 0.680. The smallest absolute Gasteiger partial charge is 0.236 e. The van der Waals surface area contributed by atoms with Gasteiger partial charge in [0.2, 0.25) is 11.8 Å². The third kappa shape index (κ3) is 4.03. The second-order valence-electron chi connectivity index (χ2n) is 9.48. The zero-order chi connectivity index (χ0) is 22.8. The Morgan fingerprint density at radius 1 is 0.938 bits per heavy atom. The molecule has 1 saturated heterocycles. The van der Waals surface area contributed by atoms with Crippen LogP contribution in [-0.4, -0.2) is 53.8 Å². The van der Waals surface area contributed by atoms with Crippen LogP contribution in [0.15, 0.2) is 48.7 Å². The Kier molecular flexibility index (Phi) is 6.57. The second-order valence-corrected chi connectivity index (χ2v) is 9.91. The number of carbonyl (C=O) groups is 2. The van der Waals surface area contributed by atoms with Gasteiger partial charge in [0.15, 0.2) is 0 Å². The van der Waals surface area contributed by atoms with Crippen LogP contribution in [0.5, 0.6) is 0 Å². The fourth-order valence-corrected chi connectivity index (χ4v) is 5.77. The summed E-state index contributed by atoms with van der Waals surface area (Å²) in [5.41, 5.74) is 0.436. The van der Waals surface area contributed by atoms with Gasteiger partial charge in [-0.05, 0) is 55.5 Å². The van der Waals surface area contributed by atoms with E-state index in [1.54, 1.807) is 25.2 Å². The Hall–Kier alpha value is -2.40. The first kappa shape index (κ1) is 22.8. The van der Waals surface area contributed by atoms with Crippen molar-refractivity contribution in [1.82, 2.24) is 14.8 Å². The molecule has 0 spiro atoms. The van der Waals surface area contributed by atoms with Gasteiger partial charge in [-0.1, -0.05) is 49.1 Å². The molecule has 1 aliphatic heterocycles. The van der Waals surface area contributed by atoms with E-state index in [2.05, 4.69) is 4.98 Å². The molecule has 1 saturated carbocycles. The Morgan fingerprint density at radius 3 is 2.25 bits per heavy atom. The van der Waals surface area contributed by atoms with Crippen LogP contribution in [0.2, 0.25) is 5.02 Å². The van der Waals surface area contributed by atoms with E-state index < -0.39 is 10.8 Å². The van der Waals surface area contributed by atoms with E-state index in [0.717, 1.165) is 49.8 Å². The Bertz CT molecular complexity index is 955. The van der Waals surface area contributed by atoms with Gasteiger partial charge in [-0.3, -0.25) is 14.6 Å². The lowest BCUT2D eigenvalue weighted by atomic mass is 9.67. The molecule has 2 aliphatic rings. The monoisotopic (exact) mass is 453 g/mol. The molecule has 32 heavy (non-hydrogen) atoms. The van der Waals surface area contributed by atoms with Gasteiger partial charge in [-0.15, -0.1) is 0 Å². The molecule has 0 radical (unpaired) electrons. The molecule has 1 unspecified atom stereocenters. The number of rotatable bonds is 4. The predicted octanol–water partition coefficient (Wildman–Crippen LogP) is 4.59. The lowest BCUT2D eigenvalue weighted by Crippen LogP contribution is -2.59. The SMILES string of the molecule is CN(C)C(=O)C1(c2ccccn2)CCCN(C(=O)C2(c3ccc(Cl)cc3)CCCCC2)C1. The number of amides is 2. The van der Waals surface area contributed by atoms with Gasteiger partial charge in [-0.2, -0.15) is 0 Å². The van der Waals surface area contributed by atoms with Gasteiger partial charge in [0.25, 0.3) is 0 Å². The molecule has 170 valence electrons. The third-order valence-electron chi connectivity index (χ3n) is 7.26. The molecule has 2 aromatic rings. The van der Waals surface area contributed by atoms with Crippen molar-refractivity contribution in [3.8, 4) is 0 Å². The van der Waals surface area contributed by atoms with Gasteiger partial charge in [0.05, 0.1) is 11.1 Å². The molecule has 6 heteroatoms. The molecule has 2 amide bonds. The van der Waals surface area contributed by atoms with E-state index in [1.165, 1.54) is 0 Å². The number of carbonyl (C=O) groups excluding carboxylic acids is 2. The van der Waals surface area contributed by atoms with Crippen LogP contribution in [0.3, 0.4) is 0 Å². The van der Waals surface area contributed by atoms with Crippen molar-refractivity contribution >= 4 is 23.4 Å². The maximum Gasteiger partial charge on any atom is 0.236 e. The average molecular weight is 454 g/mol. The van der Waals surface area contributed by atoms with E-state index in [1.807, 2.05) is 47.4 Å². The summed E-state index contributed by atoms with van der Waals surface area (Å²) >= 11 is 6.15. The molecule has 1 aliphatic carbocycles. The Balaban J connectivity index is 1.72. The molecule has 2 heterocycles. The molecular formula is C26H32ClN3O2. The second kappa shape index (κ2) is 9.22. The Morgan fingerprint density at radius 2 is 1.62 bits per heavy atom. The largest absolute Gasteiger partial charge is 0.348 e. The average Bonchev–Trinajstić information content (AvgIpc) is 2.84. The number of hydrogen-bond acceptors (Lipinski definition) is 3. The van der Waals surface area contributed by atoms with E-state index >= 15 is 0 Å². The highest BCUT2D eigenvalue weighted by Crippen LogP contribution is 2.43. The van der Waals surface area contributed by atoms with E-state index in [0.29, 0.717) is 24.5 Å². The first-order valence-corrected chi connectivity index (χ1v) is 12.0. The van der Waals surface area contributed by atoms with Crippen LogP contribution in [0, 0.1) is 0 Å². The molecule has 1 aromatic heterocycles. The van der Waals surface area contributed by atoms with Crippen LogP contribution < -0.4 is 0 Å². The highest BCUT2D eigenvalue weighted by atomic mass is 35.5. The summed E-state index contributed by atoms with van der Waals surface area (Å²) in [5.74, 6) is 0.156. The van der Waals surface area contributed by atoms with Gasteiger partial charge in [0, 0.05) is 38.4 Å². The van der Waals surface area contributed by atoms with Crippen molar-refractivity contribution in [3.63, 3.8) is 0 Å². The molecule has 1 atom stereocenters. The highest BCUT2D eigenvalue weighted by Gasteiger charge is 2.50. The number of likely N-dealkylation sites (N-methyl/N-ethyl adjacent to an activating group) is 1. The van der Waals surface area contributed by atoms with Crippen molar-refractivity contribution < 1.29 is 9.59 Å². The zero-order valence-corrected chi connectivity index (χ0v) is 19.8. The van der Waals surface area contributed by atoms with E-state index in [4.69, 9.17) is 11.6 Å². The summed E-state index contributed by atoms with van der Waals surface area (Å²) < 4.78 is 0. The summed E-state index contributed by atoms with van der Waals surface area (Å²) in [5, 5.41) is 0.677. The molecule has 1 aromatic carbocycles. The van der Waals surface area contributed by atoms with Crippen LogP contribution in [0.4, 0.5) is 0 Å². The number of benzene rings is 1. The minimum atomic E-state index is -0.811. The molecular weight excluding hydrogens is 422 g/mol. The first-order valence-electron chi connectivity index (χ1n) is 11.6. The minimum Gasteiger partial charge on any atom is -0.348 e. The number of nitrogens with zero attached hydrogens (tertiary/aromatic N) is 3. The lowest BCUT2D eigenvalue weighted by molar-refractivity contribution is -0.146. The van der Waals surface area contributed by atoms with Crippen molar-refractivity contribution in [3.05, 3.63) is 64.9 Å². The third-order valence-corrected chi connectivity index (χ3v) is 7.52. The highest BCUT2D eigenvalue weighted by molar-refractivity contribution is 6.30. The number of piperidine rings is 1. The molecule has 2 fully saturated rings. The van der Waals surface area contributed by atoms with Gasteiger partial charge in [-0.25, -0.2) is 0 Å². The predicted molar refractivity (Wildman–Crippen MR) is 127 cm³/mol.